The van der Waals surface area contributed by atoms with E-state index in [1.807, 2.05) is 24.3 Å². The van der Waals surface area contributed by atoms with Gasteiger partial charge in [-0.3, -0.25) is 9.71 Å². The molecule has 112 valence electrons. The fourth-order valence-corrected chi connectivity index (χ4v) is 4.21. The van der Waals surface area contributed by atoms with Crippen molar-refractivity contribution in [3.05, 3.63) is 36.5 Å². The number of nitrogens with zero attached hydrogens (tertiary/aromatic N) is 1. The molecule has 2 aromatic rings. The van der Waals surface area contributed by atoms with E-state index in [4.69, 9.17) is 0 Å². The Bertz CT molecular complexity index is 725. The highest BCUT2D eigenvalue weighted by Gasteiger charge is 2.21. The highest BCUT2D eigenvalue weighted by atomic mass is 32.2. The SMILES string of the molecule is O=S(=O)(CC1CCCNC1)Nc1ccc2ncccc2c1. The Morgan fingerprint density at radius 2 is 2.24 bits per heavy atom. The lowest BCUT2D eigenvalue weighted by Crippen LogP contribution is -2.35. The molecule has 5 nitrogen and oxygen atoms in total. The number of sulfonamides is 1. The molecule has 1 atom stereocenters. The Kier molecular flexibility index (Phi) is 4.07. The Morgan fingerprint density at radius 1 is 1.33 bits per heavy atom. The predicted molar refractivity (Wildman–Crippen MR) is 84.7 cm³/mol. The number of hydrogen-bond acceptors (Lipinski definition) is 4. The molecule has 0 aliphatic carbocycles. The lowest BCUT2D eigenvalue weighted by molar-refractivity contribution is 0.404. The molecule has 2 N–H and O–H groups in total. The molecule has 3 rings (SSSR count). The van der Waals surface area contributed by atoms with Crippen molar-refractivity contribution in [1.82, 2.24) is 10.3 Å². The van der Waals surface area contributed by atoms with Gasteiger partial charge in [0, 0.05) is 17.3 Å². The molecular weight excluding hydrogens is 286 g/mol. The number of anilines is 1. The second-order valence-corrected chi connectivity index (χ2v) is 7.27. The summed E-state index contributed by atoms with van der Waals surface area (Å²) in [7, 11) is -3.31. The molecule has 0 amide bonds. The summed E-state index contributed by atoms with van der Waals surface area (Å²) in [6.45, 7) is 1.77. The van der Waals surface area contributed by atoms with Crippen molar-refractivity contribution in [2.45, 2.75) is 12.8 Å². The molecule has 2 heterocycles. The number of hydrogen-bond donors (Lipinski definition) is 2. The molecule has 1 aliphatic heterocycles. The van der Waals surface area contributed by atoms with Gasteiger partial charge in [-0.25, -0.2) is 8.42 Å². The largest absolute Gasteiger partial charge is 0.316 e. The van der Waals surface area contributed by atoms with Gasteiger partial charge in [-0.2, -0.15) is 0 Å². The van der Waals surface area contributed by atoms with Gasteiger partial charge in [0.15, 0.2) is 0 Å². The maximum Gasteiger partial charge on any atom is 0.233 e. The lowest BCUT2D eigenvalue weighted by atomic mass is 10.0. The zero-order valence-electron chi connectivity index (χ0n) is 11.7. The van der Waals surface area contributed by atoms with Crippen LogP contribution in [0.5, 0.6) is 0 Å². The maximum absolute atomic E-state index is 12.2. The molecule has 1 aromatic heterocycles. The number of benzene rings is 1. The second kappa shape index (κ2) is 5.99. The molecule has 0 spiro atoms. The van der Waals surface area contributed by atoms with Gasteiger partial charge in [0.2, 0.25) is 10.0 Å². The zero-order chi connectivity index (χ0) is 14.7. The molecule has 1 aromatic carbocycles. The average molecular weight is 305 g/mol. The van der Waals surface area contributed by atoms with Crippen molar-refractivity contribution in [2.24, 2.45) is 5.92 Å². The fraction of sp³-hybridized carbons (Fsp3) is 0.400. The van der Waals surface area contributed by atoms with Crippen LogP contribution >= 0.6 is 0 Å². The van der Waals surface area contributed by atoms with Gasteiger partial charge in [0.1, 0.15) is 0 Å². The summed E-state index contributed by atoms with van der Waals surface area (Å²) in [6.07, 6.45) is 3.74. The van der Waals surface area contributed by atoms with Gasteiger partial charge in [0.05, 0.1) is 11.3 Å². The van der Waals surface area contributed by atoms with Crippen molar-refractivity contribution >= 4 is 26.6 Å². The third kappa shape index (κ3) is 3.71. The molecule has 1 unspecified atom stereocenters. The van der Waals surface area contributed by atoms with Gasteiger partial charge in [-0.15, -0.1) is 0 Å². The van der Waals surface area contributed by atoms with E-state index in [1.54, 1.807) is 12.3 Å². The summed E-state index contributed by atoms with van der Waals surface area (Å²) in [5.41, 5.74) is 1.45. The smallest absolute Gasteiger partial charge is 0.233 e. The highest BCUT2D eigenvalue weighted by Crippen LogP contribution is 2.19. The molecular formula is C15H19N3O2S. The summed E-state index contributed by atoms with van der Waals surface area (Å²) in [5.74, 6) is 0.365. The standard InChI is InChI=1S/C15H19N3O2S/c19-21(20,11-12-3-1-7-16-10-12)18-14-5-6-15-13(9-14)4-2-8-17-15/h2,4-6,8-9,12,16,18H,1,3,7,10-11H2. The topological polar surface area (TPSA) is 71.1 Å². The van der Waals surface area contributed by atoms with E-state index in [0.29, 0.717) is 5.69 Å². The van der Waals surface area contributed by atoms with E-state index in [2.05, 4.69) is 15.0 Å². The van der Waals surface area contributed by atoms with E-state index in [-0.39, 0.29) is 11.7 Å². The first kappa shape index (κ1) is 14.3. The number of piperidine rings is 1. The average Bonchev–Trinajstić information content (AvgIpc) is 2.47. The van der Waals surface area contributed by atoms with Crippen molar-refractivity contribution in [2.75, 3.05) is 23.6 Å². The first-order valence-electron chi connectivity index (χ1n) is 7.18. The highest BCUT2D eigenvalue weighted by molar-refractivity contribution is 7.92. The van der Waals surface area contributed by atoms with Crippen LogP contribution in [-0.4, -0.2) is 32.2 Å². The number of nitrogens with one attached hydrogen (secondary N) is 2. The number of pyridine rings is 1. The van der Waals surface area contributed by atoms with E-state index in [0.717, 1.165) is 36.8 Å². The summed E-state index contributed by atoms with van der Waals surface area (Å²) in [4.78, 5) is 4.23. The van der Waals surface area contributed by atoms with Gasteiger partial charge in [-0.1, -0.05) is 6.07 Å². The Balaban J connectivity index is 1.73. The Morgan fingerprint density at radius 3 is 3.05 bits per heavy atom. The minimum Gasteiger partial charge on any atom is -0.316 e. The van der Waals surface area contributed by atoms with Crippen molar-refractivity contribution in [3.8, 4) is 0 Å². The van der Waals surface area contributed by atoms with Crippen LogP contribution in [0, 0.1) is 5.92 Å². The van der Waals surface area contributed by atoms with Crippen LogP contribution in [0.25, 0.3) is 10.9 Å². The van der Waals surface area contributed by atoms with Crippen LogP contribution < -0.4 is 10.0 Å². The van der Waals surface area contributed by atoms with Crippen LogP contribution in [0.1, 0.15) is 12.8 Å². The first-order chi connectivity index (χ1) is 10.1. The molecule has 1 saturated heterocycles. The third-order valence-corrected chi connectivity index (χ3v) is 5.19. The van der Waals surface area contributed by atoms with Crippen molar-refractivity contribution in [3.63, 3.8) is 0 Å². The van der Waals surface area contributed by atoms with E-state index < -0.39 is 10.0 Å². The quantitative estimate of drug-likeness (QED) is 0.906. The monoisotopic (exact) mass is 305 g/mol. The maximum atomic E-state index is 12.2. The third-order valence-electron chi connectivity index (χ3n) is 3.73. The van der Waals surface area contributed by atoms with Crippen molar-refractivity contribution in [1.29, 1.82) is 0 Å². The predicted octanol–water partition coefficient (Wildman–Crippen LogP) is 1.98. The van der Waals surface area contributed by atoms with E-state index >= 15 is 0 Å². The fourth-order valence-electron chi connectivity index (χ4n) is 2.74. The lowest BCUT2D eigenvalue weighted by Gasteiger charge is -2.22. The first-order valence-corrected chi connectivity index (χ1v) is 8.84. The molecule has 1 fully saturated rings. The second-order valence-electron chi connectivity index (χ2n) is 5.51. The summed E-state index contributed by atoms with van der Waals surface area (Å²) < 4.78 is 27.2. The van der Waals surface area contributed by atoms with Crippen LogP contribution in [0.3, 0.4) is 0 Å². The van der Waals surface area contributed by atoms with Gasteiger partial charge in [-0.05, 0) is 56.1 Å². The van der Waals surface area contributed by atoms with Crippen LogP contribution in [0.15, 0.2) is 36.5 Å². The Labute approximate surface area is 124 Å². The van der Waals surface area contributed by atoms with Gasteiger partial charge < -0.3 is 5.32 Å². The molecule has 0 bridgehead atoms. The van der Waals surface area contributed by atoms with Gasteiger partial charge >= 0.3 is 0 Å². The molecule has 21 heavy (non-hydrogen) atoms. The van der Waals surface area contributed by atoms with E-state index in [1.165, 1.54) is 0 Å². The minimum atomic E-state index is -3.31. The number of fused-ring (bicyclic) bond motifs is 1. The zero-order valence-corrected chi connectivity index (χ0v) is 12.6. The van der Waals surface area contributed by atoms with Gasteiger partial charge in [0.25, 0.3) is 0 Å². The molecule has 0 radical (unpaired) electrons. The van der Waals surface area contributed by atoms with Crippen LogP contribution in [0.4, 0.5) is 5.69 Å². The minimum absolute atomic E-state index is 0.172. The normalized spacial score (nSPS) is 19.5. The molecule has 6 heteroatoms. The number of rotatable bonds is 4. The summed E-state index contributed by atoms with van der Waals surface area (Å²) in [6, 6.07) is 9.17. The van der Waals surface area contributed by atoms with E-state index in [9.17, 15) is 8.42 Å². The molecule has 1 aliphatic rings. The van der Waals surface area contributed by atoms with Crippen LogP contribution in [-0.2, 0) is 10.0 Å². The van der Waals surface area contributed by atoms with Crippen LogP contribution in [0.2, 0.25) is 0 Å². The van der Waals surface area contributed by atoms with Crippen molar-refractivity contribution < 1.29 is 8.42 Å². The summed E-state index contributed by atoms with van der Waals surface area (Å²) in [5, 5.41) is 4.17. The Hall–Kier alpha value is -1.66. The number of aromatic nitrogens is 1. The molecule has 0 saturated carbocycles. The summed E-state index contributed by atoms with van der Waals surface area (Å²) >= 11 is 0.